The van der Waals surface area contributed by atoms with Gasteiger partial charge in [0.15, 0.2) is 5.78 Å². The topological polar surface area (TPSA) is 35.5 Å². The number of halogens is 4. The largest absolute Gasteiger partial charge is 0.497 e. The van der Waals surface area contributed by atoms with Crippen molar-refractivity contribution in [2.45, 2.75) is 0 Å². The summed E-state index contributed by atoms with van der Waals surface area (Å²) in [5.74, 6) is 0.608. The molecule has 0 aliphatic carbocycles. The van der Waals surface area contributed by atoms with Crippen molar-refractivity contribution < 1.29 is 14.3 Å². The summed E-state index contributed by atoms with van der Waals surface area (Å²) >= 11 is 24.5. The number of benzene rings is 2. The zero-order chi connectivity index (χ0) is 17.9. The number of hydrogen-bond acceptors (Lipinski definition) is 3. The van der Waals surface area contributed by atoms with Crippen LogP contribution in [0.5, 0.6) is 11.5 Å². The number of ether oxygens (including phenoxy) is 2. The van der Waals surface area contributed by atoms with Crippen LogP contribution in [0.4, 0.5) is 0 Å². The lowest BCUT2D eigenvalue weighted by Gasteiger charge is -2.08. The van der Waals surface area contributed by atoms with Crippen LogP contribution < -0.4 is 9.47 Å². The van der Waals surface area contributed by atoms with Gasteiger partial charge in [-0.3, -0.25) is 4.79 Å². The maximum absolute atomic E-state index is 12.4. The van der Waals surface area contributed by atoms with Gasteiger partial charge in [-0.05, 0) is 36.4 Å². The molecule has 3 nitrogen and oxygen atoms in total. The van der Waals surface area contributed by atoms with Gasteiger partial charge >= 0.3 is 0 Å². The molecule has 0 aliphatic rings. The van der Waals surface area contributed by atoms with Crippen molar-refractivity contribution in [2.75, 3.05) is 14.2 Å². The molecule has 0 saturated carbocycles. The van der Waals surface area contributed by atoms with Gasteiger partial charge in [0.05, 0.1) is 39.9 Å². The molecule has 0 saturated heterocycles. The molecule has 0 aliphatic heterocycles. The summed E-state index contributed by atoms with van der Waals surface area (Å²) in [7, 11) is 2.99. The van der Waals surface area contributed by atoms with Gasteiger partial charge in [0, 0.05) is 5.56 Å². The van der Waals surface area contributed by atoms with Gasteiger partial charge in [0.1, 0.15) is 11.5 Å². The number of ketones is 1. The number of carbonyl (C=O) groups is 1. The van der Waals surface area contributed by atoms with E-state index < -0.39 is 0 Å². The van der Waals surface area contributed by atoms with E-state index in [0.717, 1.165) is 0 Å². The van der Waals surface area contributed by atoms with Crippen molar-refractivity contribution >= 4 is 58.3 Å². The van der Waals surface area contributed by atoms with E-state index in [1.54, 1.807) is 12.1 Å². The highest BCUT2D eigenvalue weighted by atomic mass is 35.5. The molecule has 0 bridgehead atoms. The van der Waals surface area contributed by atoms with Crippen LogP contribution in [-0.2, 0) is 0 Å². The summed E-state index contributed by atoms with van der Waals surface area (Å²) in [6.45, 7) is 0. The minimum atomic E-state index is -0.379. The van der Waals surface area contributed by atoms with E-state index in [0.29, 0.717) is 27.1 Å². The van der Waals surface area contributed by atoms with Crippen molar-refractivity contribution in [3.8, 4) is 11.5 Å². The van der Waals surface area contributed by atoms with Gasteiger partial charge in [0.2, 0.25) is 0 Å². The van der Waals surface area contributed by atoms with Gasteiger partial charge < -0.3 is 9.47 Å². The Bertz CT molecular complexity index is 769. The van der Waals surface area contributed by atoms with Gasteiger partial charge in [-0.15, -0.1) is 0 Å². The van der Waals surface area contributed by atoms with Crippen molar-refractivity contribution in [2.24, 2.45) is 0 Å². The third-order valence-corrected chi connectivity index (χ3v) is 4.41. The number of rotatable bonds is 5. The van der Waals surface area contributed by atoms with Crippen LogP contribution in [0, 0.1) is 0 Å². The molecular weight excluding hydrogens is 394 g/mol. The van der Waals surface area contributed by atoms with Crippen molar-refractivity contribution in [3.63, 3.8) is 0 Å². The molecule has 126 valence electrons. The Hall–Kier alpha value is -1.39. The van der Waals surface area contributed by atoms with Crippen molar-refractivity contribution in [1.29, 1.82) is 0 Å². The summed E-state index contributed by atoms with van der Waals surface area (Å²) in [6.07, 6.45) is 2.81. The molecule has 24 heavy (non-hydrogen) atoms. The summed E-state index contributed by atoms with van der Waals surface area (Å²) < 4.78 is 10.1. The molecule has 0 N–H and O–H groups in total. The van der Waals surface area contributed by atoms with Crippen LogP contribution in [0.15, 0.2) is 30.3 Å². The molecule has 2 aromatic carbocycles. The average molecular weight is 406 g/mol. The number of methoxy groups -OCH3 is 2. The molecule has 0 fully saturated rings. The Balaban J connectivity index is 2.36. The first kappa shape index (κ1) is 18.9. The van der Waals surface area contributed by atoms with Crippen LogP contribution in [0.3, 0.4) is 0 Å². The van der Waals surface area contributed by atoms with Crippen molar-refractivity contribution in [1.82, 2.24) is 0 Å². The molecule has 2 aromatic rings. The highest BCUT2D eigenvalue weighted by molar-refractivity contribution is 6.41. The zero-order valence-corrected chi connectivity index (χ0v) is 15.7. The smallest absolute Gasteiger partial charge is 0.188 e. The number of carbonyl (C=O) groups excluding carboxylic acids is 1. The van der Waals surface area contributed by atoms with Gasteiger partial charge in [0.25, 0.3) is 0 Å². The van der Waals surface area contributed by atoms with Crippen LogP contribution in [-0.4, -0.2) is 20.0 Å². The van der Waals surface area contributed by atoms with E-state index in [-0.39, 0.29) is 21.4 Å². The fraction of sp³-hybridized carbons (Fsp3) is 0.118. The Kier molecular flexibility index (Phi) is 6.41. The van der Waals surface area contributed by atoms with Gasteiger partial charge in [-0.2, -0.15) is 0 Å². The van der Waals surface area contributed by atoms with E-state index in [4.69, 9.17) is 55.9 Å². The van der Waals surface area contributed by atoms with Crippen LogP contribution in [0.25, 0.3) is 6.08 Å². The Morgan fingerprint density at radius 2 is 1.25 bits per heavy atom. The molecule has 2 rings (SSSR count). The fourth-order valence-electron chi connectivity index (χ4n) is 1.98. The van der Waals surface area contributed by atoms with Gasteiger partial charge in [-0.25, -0.2) is 0 Å². The van der Waals surface area contributed by atoms with E-state index in [1.165, 1.54) is 38.5 Å². The summed E-state index contributed by atoms with van der Waals surface area (Å²) in [5, 5.41) is 1.10. The lowest BCUT2D eigenvalue weighted by molar-refractivity contribution is 0.104. The fourth-order valence-corrected chi connectivity index (χ4v) is 3.23. The second-order valence-electron chi connectivity index (χ2n) is 4.67. The van der Waals surface area contributed by atoms with Gasteiger partial charge in [-0.1, -0.05) is 46.4 Å². The number of allylic oxidation sites excluding steroid dienone is 1. The minimum Gasteiger partial charge on any atom is -0.497 e. The maximum Gasteiger partial charge on any atom is 0.188 e. The summed E-state index contributed by atoms with van der Waals surface area (Å²) in [4.78, 5) is 12.4. The average Bonchev–Trinajstić information content (AvgIpc) is 2.52. The molecule has 0 heterocycles. The molecule has 0 atom stereocenters. The third-order valence-electron chi connectivity index (χ3n) is 3.19. The second kappa shape index (κ2) is 8.13. The first-order valence-electron chi connectivity index (χ1n) is 6.65. The second-order valence-corrected chi connectivity index (χ2v) is 6.30. The minimum absolute atomic E-state index is 0.177. The Morgan fingerprint density at radius 3 is 1.67 bits per heavy atom. The van der Waals surface area contributed by atoms with Crippen LogP contribution in [0.2, 0.25) is 20.1 Å². The monoisotopic (exact) mass is 404 g/mol. The van der Waals surface area contributed by atoms with E-state index in [9.17, 15) is 4.79 Å². The number of hydrogen-bond donors (Lipinski definition) is 0. The summed E-state index contributed by atoms with van der Waals surface area (Å²) in [6, 6.07) is 6.24. The zero-order valence-electron chi connectivity index (χ0n) is 12.7. The maximum atomic E-state index is 12.4. The van der Waals surface area contributed by atoms with Crippen molar-refractivity contribution in [3.05, 3.63) is 61.6 Å². The van der Waals surface area contributed by atoms with E-state index >= 15 is 0 Å². The highest BCUT2D eigenvalue weighted by Gasteiger charge is 2.15. The summed E-state index contributed by atoms with van der Waals surface area (Å²) in [5.41, 5.74) is 0.671. The SMILES string of the molecule is COc1cc(Cl)c(/C=C/C(=O)c2c(Cl)cc(OC)cc2Cl)c(Cl)c1. The molecule has 7 heteroatoms. The quantitative estimate of drug-likeness (QED) is 0.437. The van der Waals surface area contributed by atoms with E-state index in [1.807, 2.05) is 0 Å². The molecule has 0 aromatic heterocycles. The predicted octanol–water partition coefficient (Wildman–Crippen LogP) is 6.21. The third kappa shape index (κ3) is 4.17. The van der Waals surface area contributed by atoms with Crippen LogP contribution in [0.1, 0.15) is 15.9 Å². The first-order chi connectivity index (χ1) is 11.4. The Labute approximate surface area is 159 Å². The molecule has 0 radical (unpaired) electrons. The lowest BCUT2D eigenvalue weighted by atomic mass is 10.1. The first-order valence-corrected chi connectivity index (χ1v) is 8.17. The Morgan fingerprint density at radius 1 is 0.833 bits per heavy atom. The van der Waals surface area contributed by atoms with E-state index in [2.05, 4.69) is 0 Å². The standard InChI is InChI=1S/C17H12Cl4O3/c1-23-9-5-12(18)11(13(19)6-9)3-4-16(22)17-14(20)7-10(24-2)8-15(17)21/h3-8H,1-2H3/b4-3+. The normalized spacial score (nSPS) is 10.9. The molecule has 0 amide bonds. The molecule has 0 spiro atoms. The lowest BCUT2D eigenvalue weighted by Crippen LogP contribution is -1.98. The highest BCUT2D eigenvalue weighted by Crippen LogP contribution is 2.33. The molecular formula is C17H12Cl4O3. The predicted molar refractivity (Wildman–Crippen MR) is 99.4 cm³/mol. The van der Waals surface area contributed by atoms with Crippen LogP contribution >= 0.6 is 46.4 Å². The molecule has 0 unspecified atom stereocenters.